The van der Waals surface area contributed by atoms with Gasteiger partial charge in [0.2, 0.25) is 0 Å². The lowest BCUT2D eigenvalue weighted by molar-refractivity contribution is 0.303. The van der Waals surface area contributed by atoms with E-state index >= 15 is 0 Å². The number of hydrogen-bond donors (Lipinski definition) is 1. The van der Waals surface area contributed by atoms with Crippen molar-refractivity contribution in [3.05, 3.63) is 29.8 Å². The molecule has 0 heterocycles. The standard InChI is InChI=1S/C13H19NO/c1-9(10(2)14)11-3-5-12(6-4-11)15-13-7-8-13/h3-6,9-10,13H,7-8,14H2,1-2H3. The van der Waals surface area contributed by atoms with Crippen LogP contribution in [0.2, 0.25) is 0 Å². The first kappa shape index (κ1) is 10.5. The first-order valence-electron chi connectivity index (χ1n) is 5.69. The van der Waals surface area contributed by atoms with Gasteiger partial charge < -0.3 is 10.5 Å². The molecule has 2 N–H and O–H groups in total. The van der Waals surface area contributed by atoms with Gasteiger partial charge >= 0.3 is 0 Å². The summed E-state index contributed by atoms with van der Waals surface area (Å²) in [5.74, 6) is 1.39. The molecule has 2 rings (SSSR count). The number of benzene rings is 1. The zero-order valence-corrected chi connectivity index (χ0v) is 9.44. The van der Waals surface area contributed by atoms with Crippen molar-refractivity contribution in [2.75, 3.05) is 0 Å². The maximum Gasteiger partial charge on any atom is 0.119 e. The van der Waals surface area contributed by atoms with E-state index in [1.807, 2.05) is 19.1 Å². The summed E-state index contributed by atoms with van der Waals surface area (Å²) < 4.78 is 5.69. The van der Waals surface area contributed by atoms with E-state index in [2.05, 4.69) is 19.1 Å². The second-order valence-electron chi connectivity index (χ2n) is 4.53. The van der Waals surface area contributed by atoms with Crippen molar-refractivity contribution in [3.8, 4) is 5.75 Å². The highest BCUT2D eigenvalue weighted by atomic mass is 16.5. The lowest BCUT2D eigenvalue weighted by atomic mass is 9.95. The number of rotatable bonds is 4. The van der Waals surface area contributed by atoms with Crippen LogP contribution in [-0.4, -0.2) is 12.1 Å². The van der Waals surface area contributed by atoms with Gasteiger partial charge in [-0.05, 0) is 43.4 Å². The van der Waals surface area contributed by atoms with Crippen molar-refractivity contribution in [1.82, 2.24) is 0 Å². The van der Waals surface area contributed by atoms with Crippen LogP contribution in [0, 0.1) is 0 Å². The minimum absolute atomic E-state index is 0.195. The summed E-state index contributed by atoms with van der Waals surface area (Å²) >= 11 is 0. The van der Waals surface area contributed by atoms with Gasteiger partial charge in [-0.3, -0.25) is 0 Å². The van der Waals surface area contributed by atoms with E-state index in [1.54, 1.807) is 0 Å². The number of hydrogen-bond acceptors (Lipinski definition) is 2. The van der Waals surface area contributed by atoms with Crippen LogP contribution in [-0.2, 0) is 0 Å². The summed E-state index contributed by atoms with van der Waals surface area (Å²) in [5, 5.41) is 0. The molecular weight excluding hydrogens is 186 g/mol. The van der Waals surface area contributed by atoms with E-state index in [0.29, 0.717) is 12.0 Å². The first-order chi connectivity index (χ1) is 7.16. The van der Waals surface area contributed by atoms with Gasteiger partial charge in [0.05, 0.1) is 6.10 Å². The van der Waals surface area contributed by atoms with Crippen molar-refractivity contribution < 1.29 is 4.74 Å². The van der Waals surface area contributed by atoms with E-state index < -0.39 is 0 Å². The average molecular weight is 205 g/mol. The van der Waals surface area contributed by atoms with E-state index in [1.165, 1.54) is 18.4 Å². The quantitative estimate of drug-likeness (QED) is 0.820. The van der Waals surface area contributed by atoms with E-state index in [-0.39, 0.29) is 6.04 Å². The Morgan fingerprint density at radius 2 is 1.80 bits per heavy atom. The summed E-state index contributed by atoms with van der Waals surface area (Å²) in [6, 6.07) is 8.52. The molecule has 0 radical (unpaired) electrons. The van der Waals surface area contributed by atoms with Crippen molar-refractivity contribution in [1.29, 1.82) is 0 Å². The number of ether oxygens (including phenoxy) is 1. The molecule has 0 saturated heterocycles. The third kappa shape index (κ3) is 2.72. The molecule has 2 atom stereocenters. The lowest BCUT2D eigenvalue weighted by Gasteiger charge is -2.16. The van der Waals surface area contributed by atoms with Crippen LogP contribution in [0.25, 0.3) is 0 Å². The van der Waals surface area contributed by atoms with Crippen molar-refractivity contribution in [2.45, 2.75) is 44.8 Å². The van der Waals surface area contributed by atoms with Gasteiger partial charge in [0.25, 0.3) is 0 Å². The van der Waals surface area contributed by atoms with Crippen LogP contribution in [0.4, 0.5) is 0 Å². The van der Waals surface area contributed by atoms with Crippen molar-refractivity contribution >= 4 is 0 Å². The minimum atomic E-state index is 0.195. The largest absolute Gasteiger partial charge is 0.490 e. The molecule has 1 aromatic carbocycles. The highest BCUT2D eigenvalue weighted by Gasteiger charge is 2.23. The van der Waals surface area contributed by atoms with Crippen LogP contribution in [0.5, 0.6) is 5.75 Å². The Hall–Kier alpha value is -1.02. The van der Waals surface area contributed by atoms with Crippen LogP contribution >= 0.6 is 0 Å². The predicted molar refractivity (Wildman–Crippen MR) is 62.2 cm³/mol. The Morgan fingerprint density at radius 1 is 1.20 bits per heavy atom. The monoisotopic (exact) mass is 205 g/mol. The minimum Gasteiger partial charge on any atom is -0.490 e. The van der Waals surface area contributed by atoms with Crippen LogP contribution < -0.4 is 10.5 Å². The Kier molecular flexibility index (Phi) is 2.96. The summed E-state index contributed by atoms with van der Waals surface area (Å²) in [5.41, 5.74) is 7.15. The second kappa shape index (κ2) is 4.23. The van der Waals surface area contributed by atoms with E-state index in [0.717, 1.165) is 5.75 Å². The number of nitrogens with two attached hydrogens (primary N) is 1. The SMILES string of the molecule is CC(N)C(C)c1ccc(OC2CC2)cc1. The van der Waals surface area contributed by atoms with Crippen molar-refractivity contribution in [3.63, 3.8) is 0 Å². The Morgan fingerprint density at radius 3 is 2.27 bits per heavy atom. The molecule has 1 saturated carbocycles. The zero-order valence-electron chi connectivity index (χ0n) is 9.44. The van der Waals surface area contributed by atoms with Gasteiger partial charge in [-0.15, -0.1) is 0 Å². The molecule has 1 fully saturated rings. The van der Waals surface area contributed by atoms with Gasteiger partial charge in [-0.25, -0.2) is 0 Å². The van der Waals surface area contributed by atoms with Gasteiger partial charge in [0.1, 0.15) is 5.75 Å². The van der Waals surface area contributed by atoms with Gasteiger partial charge in [-0.1, -0.05) is 19.1 Å². The molecule has 2 unspecified atom stereocenters. The highest BCUT2D eigenvalue weighted by molar-refractivity contribution is 5.30. The molecular formula is C13H19NO. The molecule has 0 aliphatic heterocycles. The molecule has 2 nitrogen and oxygen atoms in total. The summed E-state index contributed by atoms with van der Waals surface area (Å²) in [4.78, 5) is 0. The van der Waals surface area contributed by atoms with E-state index in [9.17, 15) is 0 Å². The predicted octanol–water partition coefficient (Wildman–Crippen LogP) is 2.68. The average Bonchev–Trinajstić information content (AvgIpc) is 3.02. The third-order valence-corrected chi connectivity index (χ3v) is 3.02. The molecule has 0 aromatic heterocycles. The molecule has 1 aliphatic carbocycles. The molecule has 82 valence electrons. The Balaban J connectivity index is 2.02. The highest BCUT2D eigenvalue weighted by Crippen LogP contribution is 2.28. The molecule has 0 amide bonds. The zero-order chi connectivity index (χ0) is 10.8. The Bertz CT molecular complexity index is 314. The molecule has 0 bridgehead atoms. The van der Waals surface area contributed by atoms with Crippen LogP contribution in [0.3, 0.4) is 0 Å². The normalized spacial score (nSPS) is 19.7. The fourth-order valence-corrected chi connectivity index (χ4v) is 1.53. The summed E-state index contributed by atoms with van der Waals surface area (Å²) in [7, 11) is 0. The molecule has 2 heteroatoms. The van der Waals surface area contributed by atoms with Gasteiger partial charge in [-0.2, -0.15) is 0 Å². The molecule has 15 heavy (non-hydrogen) atoms. The maximum atomic E-state index is 5.87. The van der Waals surface area contributed by atoms with E-state index in [4.69, 9.17) is 10.5 Å². The van der Waals surface area contributed by atoms with Crippen LogP contribution in [0.1, 0.15) is 38.2 Å². The van der Waals surface area contributed by atoms with Gasteiger partial charge in [0, 0.05) is 6.04 Å². The second-order valence-corrected chi connectivity index (χ2v) is 4.53. The first-order valence-corrected chi connectivity index (χ1v) is 5.69. The molecule has 1 aromatic rings. The Labute approximate surface area is 91.4 Å². The van der Waals surface area contributed by atoms with Crippen molar-refractivity contribution in [2.24, 2.45) is 5.73 Å². The lowest BCUT2D eigenvalue weighted by Crippen LogP contribution is -2.22. The smallest absolute Gasteiger partial charge is 0.119 e. The van der Waals surface area contributed by atoms with Crippen LogP contribution in [0.15, 0.2) is 24.3 Å². The summed E-state index contributed by atoms with van der Waals surface area (Å²) in [6.07, 6.45) is 2.89. The van der Waals surface area contributed by atoms with Gasteiger partial charge in [0.15, 0.2) is 0 Å². The maximum absolute atomic E-state index is 5.87. The molecule has 1 aliphatic rings. The fraction of sp³-hybridized carbons (Fsp3) is 0.538. The third-order valence-electron chi connectivity index (χ3n) is 3.02. The topological polar surface area (TPSA) is 35.2 Å². The fourth-order valence-electron chi connectivity index (χ4n) is 1.53. The summed E-state index contributed by atoms with van der Waals surface area (Å²) in [6.45, 7) is 4.20. The molecule has 0 spiro atoms.